The van der Waals surface area contributed by atoms with Crippen LogP contribution >= 0.6 is 11.3 Å². The highest BCUT2D eigenvalue weighted by Gasteiger charge is 2.33. The number of ether oxygens (including phenoxy) is 1. The zero-order chi connectivity index (χ0) is 19.8. The number of anilines is 1. The molecule has 3 aromatic rings. The van der Waals surface area contributed by atoms with Gasteiger partial charge in [-0.15, -0.1) is 11.3 Å². The van der Waals surface area contributed by atoms with E-state index in [0.29, 0.717) is 0 Å². The Hall–Kier alpha value is -2.83. The van der Waals surface area contributed by atoms with Crippen molar-refractivity contribution in [3.63, 3.8) is 0 Å². The van der Waals surface area contributed by atoms with Crippen LogP contribution in [0.25, 0.3) is 0 Å². The fourth-order valence-corrected chi connectivity index (χ4v) is 5.42. The van der Waals surface area contributed by atoms with E-state index < -0.39 is 0 Å². The van der Waals surface area contributed by atoms with Crippen molar-refractivity contribution in [2.45, 2.75) is 25.7 Å². The number of nitrogens with one attached hydrogen (secondary N) is 2. The van der Waals surface area contributed by atoms with E-state index in [1.807, 2.05) is 24.3 Å². The second-order valence-electron chi connectivity index (χ2n) is 7.48. The Morgan fingerprint density at radius 1 is 1.10 bits per heavy atom. The highest BCUT2D eigenvalue weighted by Crippen LogP contribution is 2.41. The average Bonchev–Trinajstić information content (AvgIpc) is 3.12. The number of carbonyl (C=O) groups is 1. The van der Waals surface area contributed by atoms with Gasteiger partial charge in [0.1, 0.15) is 16.9 Å². The lowest BCUT2D eigenvalue weighted by Gasteiger charge is -2.28. The second kappa shape index (κ2) is 7.54. The van der Waals surface area contributed by atoms with E-state index >= 15 is 0 Å². The minimum Gasteiger partial charge on any atom is -0.497 e. The Morgan fingerprint density at radius 3 is 2.66 bits per heavy atom. The maximum Gasteiger partial charge on any atom is 0.256 e. The fourth-order valence-electron chi connectivity index (χ4n) is 4.11. The molecule has 0 radical (unpaired) electrons. The molecule has 0 bridgehead atoms. The van der Waals surface area contributed by atoms with Crippen molar-refractivity contribution >= 4 is 22.2 Å². The Kier molecular flexibility index (Phi) is 4.73. The molecular weight excluding hydrogens is 382 g/mol. The van der Waals surface area contributed by atoms with Crippen LogP contribution in [0, 0.1) is 0 Å². The molecule has 5 nitrogen and oxygen atoms in total. The summed E-state index contributed by atoms with van der Waals surface area (Å²) in [5, 5.41) is 7.63. The minimum absolute atomic E-state index is 0.0218. The van der Waals surface area contributed by atoms with Gasteiger partial charge in [-0.1, -0.05) is 42.5 Å². The number of nitrogens with zero attached hydrogens (tertiary/aromatic N) is 1. The molecule has 2 N–H and O–H groups in total. The first-order valence-electron chi connectivity index (χ1n) is 9.83. The third-order valence-corrected chi connectivity index (χ3v) is 6.76. The van der Waals surface area contributed by atoms with Crippen LogP contribution in [0.15, 0.2) is 54.6 Å². The predicted octanol–water partition coefficient (Wildman–Crippen LogP) is 4.17. The van der Waals surface area contributed by atoms with Crippen LogP contribution < -0.4 is 15.4 Å². The van der Waals surface area contributed by atoms with E-state index in [4.69, 9.17) is 4.74 Å². The maximum atomic E-state index is 12.9. The molecule has 1 atom stereocenters. The zero-order valence-electron chi connectivity index (χ0n) is 16.3. The van der Waals surface area contributed by atoms with Crippen LogP contribution in [-0.4, -0.2) is 24.5 Å². The van der Waals surface area contributed by atoms with Gasteiger partial charge in [0.25, 0.3) is 5.91 Å². The Balaban J connectivity index is 1.36. The third-order valence-electron chi connectivity index (χ3n) is 5.61. The first kappa shape index (κ1) is 18.2. The number of amides is 1. The molecule has 5 rings (SSSR count). The quantitative estimate of drug-likeness (QED) is 0.684. The van der Waals surface area contributed by atoms with Crippen molar-refractivity contribution in [1.82, 2.24) is 10.2 Å². The first-order chi connectivity index (χ1) is 14.2. The number of rotatable bonds is 4. The van der Waals surface area contributed by atoms with Crippen LogP contribution in [0.3, 0.4) is 0 Å². The van der Waals surface area contributed by atoms with Crippen molar-refractivity contribution in [3.05, 3.63) is 81.7 Å². The summed E-state index contributed by atoms with van der Waals surface area (Å²) in [5.41, 5.74) is 4.40. The summed E-state index contributed by atoms with van der Waals surface area (Å²) >= 11 is 1.72. The van der Waals surface area contributed by atoms with Gasteiger partial charge in [0.15, 0.2) is 0 Å². The lowest BCUT2D eigenvalue weighted by Crippen LogP contribution is -2.38. The standard InChI is InChI=1S/C23H23N3O2S/c1-28-17-9-7-16(8-10-17)21-24-22(27)20-18-11-12-26(13-15-5-3-2-4-6-15)14-19(18)29-23(20)25-21/h2-10,21,25H,11-14H2,1H3,(H,24,27)/t21-/m0/s1. The van der Waals surface area contributed by atoms with Gasteiger partial charge in [0.05, 0.1) is 12.7 Å². The molecular formula is C23H23N3O2S. The summed E-state index contributed by atoms with van der Waals surface area (Å²) in [6, 6.07) is 18.4. The molecule has 2 aliphatic rings. The molecule has 3 heterocycles. The number of carbonyl (C=O) groups excluding carboxylic acids is 1. The van der Waals surface area contributed by atoms with Crippen molar-refractivity contribution < 1.29 is 9.53 Å². The first-order valence-corrected chi connectivity index (χ1v) is 10.6. The van der Waals surface area contributed by atoms with Crippen LogP contribution in [0.5, 0.6) is 5.75 Å². The molecule has 0 unspecified atom stereocenters. The Bertz CT molecular complexity index is 1030. The monoisotopic (exact) mass is 405 g/mol. The van der Waals surface area contributed by atoms with Crippen LogP contribution in [0.1, 0.15) is 38.1 Å². The summed E-state index contributed by atoms with van der Waals surface area (Å²) in [7, 11) is 1.65. The van der Waals surface area contributed by atoms with Gasteiger partial charge < -0.3 is 15.4 Å². The van der Waals surface area contributed by atoms with Crippen LogP contribution in [-0.2, 0) is 19.5 Å². The van der Waals surface area contributed by atoms with Crippen molar-refractivity contribution in [2.24, 2.45) is 0 Å². The van der Waals surface area contributed by atoms with E-state index in [1.54, 1.807) is 18.4 Å². The zero-order valence-corrected chi connectivity index (χ0v) is 17.1. The van der Waals surface area contributed by atoms with Gasteiger partial charge in [0, 0.05) is 24.5 Å². The Morgan fingerprint density at radius 2 is 1.90 bits per heavy atom. The lowest BCUT2D eigenvalue weighted by atomic mass is 10.00. The molecule has 2 aliphatic heterocycles. The summed E-state index contributed by atoms with van der Waals surface area (Å²) in [6.45, 7) is 2.81. The number of fused-ring (bicyclic) bond motifs is 3. The predicted molar refractivity (Wildman–Crippen MR) is 115 cm³/mol. The summed E-state index contributed by atoms with van der Waals surface area (Å²) in [5.74, 6) is 0.829. The molecule has 0 saturated heterocycles. The topological polar surface area (TPSA) is 53.6 Å². The lowest BCUT2D eigenvalue weighted by molar-refractivity contribution is 0.0934. The molecule has 29 heavy (non-hydrogen) atoms. The van der Waals surface area contributed by atoms with Crippen molar-refractivity contribution in [1.29, 1.82) is 0 Å². The molecule has 148 valence electrons. The van der Waals surface area contributed by atoms with Gasteiger partial charge in [-0.25, -0.2) is 0 Å². The largest absolute Gasteiger partial charge is 0.497 e. The van der Waals surface area contributed by atoms with Gasteiger partial charge >= 0.3 is 0 Å². The van der Waals surface area contributed by atoms with E-state index in [0.717, 1.165) is 47.9 Å². The molecule has 0 fully saturated rings. The summed E-state index contributed by atoms with van der Waals surface area (Å²) < 4.78 is 5.23. The molecule has 2 aromatic carbocycles. The third kappa shape index (κ3) is 3.50. The molecule has 1 amide bonds. The second-order valence-corrected chi connectivity index (χ2v) is 8.58. The maximum absolute atomic E-state index is 12.9. The number of benzene rings is 2. The van der Waals surface area contributed by atoms with Gasteiger partial charge in [-0.05, 0) is 35.2 Å². The average molecular weight is 406 g/mol. The summed E-state index contributed by atoms with van der Waals surface area (Å²) in [6.07, 6.45) is 0.692. The van der Waals surface area contributed by atoms with E-state index in [1.165, 1.54) is 16.0 Å². The molecule has 6 heteroatoms. The molecule has 0 spiro atoms. The van der Waals surface area contributed by atoms with Crippen molar-refractivity contribution in [3.8, 4) is 5.75 Å². The van der Waals surface area contributed by atoms with Gasteiger partial charge in [-0.3, -0.25) is 9.69 Å². The van der Waals surface area contributed by atoms with E-state index in [9.17, 15) is 4.79 Å². The minimum atomic E-state index is -0.221. The van der Waals surface area contributed by atoms with Crippen LogP contribution in [0.4, 0.5) is 5.00 Å². The number of thiophene rings is 1. The SMILES string of the molecule is COc1ccc([C@H]2NC(=O)c3c(sc4c3CCN(Cc3ccccc3)C4)N2)cc1. The van der Waals surface area contributed by atoms with E-state index in [-0.39, 0.29) is 12.1 Å². The molecule has 0 saturated carbocycles. The molecule has 1 aromatic heterocycles. The fraction of sp³-hybridized carbons (Fsp3) is 0.261. The van der Waals surface area contributed by atoms with Crippen molar-refractivity contribution in [2.75, 3.05) is 19.0 Å². The van der Waals surface area contributed by atoms with Crippen LogP contribution in [0.2, 0.25) is 0 Å². The highest BCUT2D eigenvalue weighted by atomic mass is 32.1. The number of hydrogen-bond acceptors (Lipinski definition) is 5. The van der Waals surface area contributed by atoms with E-state index in [2.05, 4.69) is 45.9 Å². The Labute approximate surface area is 174 Å². The normalized spacial score (nSPS) is 18.4. The molecule has 0 aliphatic carbocycles. The highest BCUT2D eigenvalue weighted by molar-refractivity contribution is 7.16. The van der Waals surface area contributed by atoms with Gasteiger partial charge in [-0.2, -0.15) is 0 Å². The van der Waals surface area contributed by atoms with Gasteiger partial charge in [0.2, 0.25) is 0 Å². The summed E-state index contributed by atoms with van der Waals surface area (Å²) in [4.78, 5) is 16.7. The number of hydrogen-bond donors (Lipinski definition) is 2. The smallest absolute Gasteiger partial charge is 0.256 e. The number of methoxy groups -OCH3 is 1.